The monoisotopic (exact) mass is 529 g/mol. The number of amides is 1. The van der Waals surface area contributed by atoms with Gasteiger partial charge in [0, 0.05) is 56.2 Å². The third kappa shape index (κ3) is 4.98. The zero-order valence-corrected chi connectivity index (χ0v) is 21.7. The Morgan fingerprint density at radius 3 is 2.58 bits per heavy atom. The minimum Gasteiger partial charge on any atom is -0.383 e. The van der Waals surface area contributed by atoms with Gasteiger partial charge in [0.1, 0.15) is 17.4 Å². The van der Waals surface area contributed by atoms with E-state index in [-0.39, 0.29) is 17.5 Å². The minimum atomic E-state index is -0.220. The van der Waals surface area contributed by atoms with Crippen LogP contribution in [0.15, 0.2) is 79.4 Å². The van der Waals surface area contributed by atoms with Crippen LogP contribution in [0.1, 0.15) is 34.3 Å². The number of nitrogens with one attached hydrogen (secondary N) is 1. The number of pyridine rings is 3. The summed E-state index contributed by atoms with van der Waals surface area (Å²) < 4.78 is 2.02. The first-order valence-electron chi connectivity index (χ1n) is 13.1. The summed E-state index contributed by atoms with van der Waals surface area (Å²) in [5.74, 6) is 0.897. The molecule has 0 atom stereocenters. The highest BCUT2D eigenvalue weighted by molar-refractivity contribution is 5.96. The number of carbonyl (C=O) groups excluding carboxylic acids is 1. The number of piperidine rings is 1. The SMILES string of the molecule is N#Cc1cnccc1C(=O)NC1CCN(Cc2ccc(-n3c(-c4cccnc4N)nc4cccnc43)cc2)CC1. The molecule has 5 aromatic rings. The maximum atomic E-state index is 12.7. The molecule has 0 unspecified atom stereocenters. The average Bonchev–Trinajstić information content (AvgIpc) is 3.38. The molecule has 0 spiro atoms. The molecule has 1 aliphatic heterocycles. The molecule has 1 saturated heterocycles. The first-order valence-corrected chi connectivity index (χ1v) is 13.1. The van der Waals surface area contributed by atoms with Gasteiger partial charge in [-0.05, 0) is 60.9 Å². The van der Waals surface area contributed by atoms with Crippen molar-refractivity contribution in [3.63, 3.8) is 0 Å². The van der Waals surface area contributed by atoms with E-state index in [2.05, 4.69) is 49.4 Å². The summed E-state index contributed by atoms with van der Waals surface area (Å²) >= 11 is 0. The molecule has 0 bridgehead atoms. The van der Waals surface area contributed by atoms with Crippen LogP contribution < -0.4 is 11.1 Å². The van der Waals surface area contributed by atoms with Crippen molar-refractivity contribution in [3.8, 4) is 23.1 Å². The molecule has 1 amide bonds. The summed E-state index contributed by atoms with van der Waals surface area (Å²) in [7, 11) is 0. The number of hydrogen-bond donors (Lipinski definition) is 2. The normalized spacial score (nSPS) is 14.2. The lowest BCUT2D eigenvalue weighted by molar-refractivity contribution is 0.0908. The summed E-state index contributed by atoms with van der Waals surface area (Å²) in [6, 6.07) is 19.7. The molecule has 1 fully saturated rings. The van der Waals surface area contributed by atoms with Crippen molar-refractivity contribution in [1.29, 1.82) is 5.26 Å². The number of likely N-dealkylation sites (tertiary alicyclic amines) is 1. The second-order valence-electron chi connectivity index (χ2n) is 9.78. The number of rotatable bonds is 6. The smallest absolute Gasteiger partial charge is 0.252 e. The third-order valence-electron chi connectivity index (χ3n) is 7.21. The maximum Gasteiger partial charge on any atom is 0.252 e. The number of carbonyl (C=O) groups is 1. The topological polar surface area (TPSA) is 139 Å². The lowest BCUT2D eigenvalue weighted by atomic mass is 10.0. The van der Waals surface area contributed by atoms with Crippen LogP contribution in [0.4, 0.5) is 5.82 Å². The molecule has 10 heteroatoms. The van der Waals surface area contributed by atoms with E-state index in [0.717, 1.165) is 54.9 Å². The predicted octanol–water partition coefficient (Wildman–Crippen LogP) is 3.73. The van der Waals surface area contributed by atoms with Gasteiger partial charge in [0.15, 0.2) is 11.5 Å². The fourth-order valence-electron chi connectivity index (χ4n) is 5.13. The summed E-state index contributed by atoms with van der Waals surface area (Å²) in [5.41, 5.74) is 11.3. The van der Waals surface area contributed by atoms with Gasteiger partial charge < -0.3 is 11.1 Å². The second kappa shape index (κ2) is 10.9. The fraction of sp³-hybridized carbons (Fsp3) is 0.200. The minimum absolute atomic E-state index is 0.0752. The molecule has 198 valence electrons. The lowest BCUT2D eigenvalue weighted by Gasteiger charge is -2.32. The molecule has 1 aliphatic rings. The van der Waals surface area contributed by atoms with E-state index in [9.17, 15) is 10.1 Å². The number of benzene rings is 1. The van der Waals surface area contributed by atoms with E-state index < -0.39 is 0 Å². The van der Waals surface area contributed by atoms with Crippen LogP contribution in [0.5, 0.6) is 0 Å². The van der Waals surface area contributed by atoms with Crippen LogP contribution in [0.25, 0.3) is 28.2 Å². The van der Waals surface area contributed by atoms with Crippen LogP contribution in [-0.2, 0) is 6.54 Å². The average molecular weight is 530 g/mol. The Bertz CT molecular complexity index is 1710. The molecule has 4 aromatic heterocycles. The number of anilines is 1. The Hall–Kier alpha value is -5.14. The van der Waals surface area contributed by atoms with Crippen LogP contribution in [0.3, 0.4) is 0 Å². The van der Waals surface area contributed by atoms with Gasteiger partial charge in [-0.25, -0.2) is 15.0 Å². The zero-order valence-electron chi connectivity index (χ0n) is 21.7. The van der Waals surface area contributed by atoms with Gasteiger partial charge in [-0.3, -0.25) is 19.2 Å². The molecule has 0 saturated carbocycles. The van der Waals surface area contributed by atoms with Crippen molar-refractivity contribution in [2.45, 2.75) is 25.4 Å². The van der Waals surface area contributed by atoms with Gasteiger partial charge in [-0.1, -0.05) is 12.1 Å². The van der Waals surface area contributed by atoms with E-state index in [1.807, 2.05) is 34.9 Å². The molecule has 40 heavy (non-hydrogen) atoms. The maximum absolute atomic E-state index is 12.7. The van der Waals surface area contributed by atoms with Crippen LogP contribution in [0, 0.1) is 11.3 Å². The highest BCUT2D eigenvalue weighted by Gasteiger charge is 2.23. The molecule has 10 nitrogen and oxygen atoms in total. The van der Waals surface area contributed by atoms with Crippen LogP contribution in [0.2, 0.25) is 0 Å². The fourth-order valence-corrected chi connectivity index (χ4v) is 5.13. The second-order valence-corrected chi connectivity index (χ2v) is 9.78. The van der Waals surface area contributed by atoms with Crippen molar-refractivity contribution < 1.29 is 4.79 Å². The van der Waals surface area contributed by atoms with Crippen molar-refractivity contribution in [2.24, 2.45) is 0 Å². The highest BCUT2D eigenvalue weighted by atomic mass is 16.1. The van der Waals surface area contributed by atoms with Gasteiger partial charge in [0.05, 0.1) is 16.7 Å². The van der Waals surface area contributed by atoms with Gasteiger partial charge in [0.25, 0.3) is 5.91 Å². The number of aromatic nitrogens is 5. The van der Waals surface area contributed by atoms with Crippen molar-refractivity contribution in [1.82, 2.24) is 34.7 Å². The van der Waals surface area contributed by atoms with Crippen molar-refractivity contribution in [3.05, 3.63) is 96.1 Å². The number of hydrogen-bond acceptors (Lipinski definition) is 8. The van der Waals surface area contributed by atoms with E-state index >= 15 is 0 Å². The van der Waals surface area contributed by atoms with Crippen LogP contribution in [-0.4, -0.2) is 54.4 Å². The van der Waals surface area contributed by atoms with E-state index in [4.69, 9.17) is 10.7 Å². The summed E-state index contributed by atoms with van der Waals surface area (Å²) in [6.45, 7) is 2.55. The lowest BCUT2D eigenvalue weighted by Crippen LogP contribution is -2.44. The largest absolute Gasteiger partial charge is 0.383 e. The molecule has 5 heterocycles. The third-order valence-corrected chi connectivity index (χ3v) is 7.21. The van der Waals surface area contributed by atoms with E-state index in [0.29, 0.717) is 17.2 Å². The molecule has 0 aliphatic carbocycles. The predicted molar refractivity (Wildman–Crippen MR) is 151 cm³/mol. The van der Waals surface area contributed by atoms with Gasteiger partial charge >= 0.3 is 0 Å². The molecule has 6 rings (SSSR count). The van der Waals surface area contributed by atoms with Crippen LogP contribution >= 0.6 is 0 Å². The van der Waals surface area contributed by atoms with Gasteiger partial charge in [-0.2, -0.15) is 5.26 Å². The highest BCUT2D eigenvalue weighted by Crippen LogP contribution is 2.30. The van der Waals surface area contributed by atoms with E-state index in [1.165, 1.54) is 18.0 Å². The molecule has 3 N–H and O–H groups in total. The summed E-state index contributed by atoms with van der Waals surface area (Å²) in [4.78, 5) is 32.6. The number of nitriles is 1. The van der Waals surface area contributed by atoms with Crippen molar-refractivity contribution >= 4 is 22.9 Å². The molecular weight excluding hydrogens is 502 g/mol. The first kappa shape index (κ1) is 25.2. The number of nitrogens with two attached hydrogens (primary N) is 1. The summed E-state index contributed by atoms with van der Waals surface area (Å²) in [5, 5.41) is 12.3. The Morgan fingerprint density at radius 2 is 1.80 bits per heavy atom. The molecule has 0 radical (unpaired) electrons. The number of fused-ring (bicyclic) bond motifs is 1. The Labute approximate surface area is 231 Å². The van der Waals surface area contributed by atoms with Crippen molar-refractivity contribution in [2.75, 3.05) is 18.8 Å². The Balaban J connectivity index is 1.14. The summed E-state index contributed by atoms with van der Waals surface area (Å²) in [6.07, 6.45) is 8.07. The number of imidazole rings is 1. The van der Waals surface area contributed by atoms with Gasteiger partial charge in [0.2, 0.25) is 0 Å². The number of nitrogens with zero attached hydrogens (tertiary/aromatic N) is 7. The zero-order chi connectivity index (χ0) is 27.5. The first-order chi connectivity index (χ1) is 19.6. The number of nitrogen functional groups attached to an aromatic ring is 1. The standard InChI is InChI=1S/C30H27N9O/c31-17-21-18-33-14-9-24(21)30(40)36-22-10-15-38(16-11-22)19-20-5-7-23(8-6-20)39-28(25-3-1-12-34-27(25)32)37-26-4-2-13-35-29(26)39/h1-9,12-14,18,22H,10-11,15-16,19H2,(H2,32,34)(H,36,40). The van der Waals surface area contributed by atoms with Gasteiger partial charge in [-0.15, -0.1) is 0 Å². The van der Waals surface area contributed by atoms with E-state index in [1.54, 1.807) is 18.5 Å². The quantitative estimate of drug-likeness (QED) is 0.339. The molecule has 1 aromatic carbocycles. The Kier molecular flexibility index (Phi) is 6.87. The molecular formula is C30H27N9O. The Morgan fingerprint density at radius 1 is 1.02 bits per heavy atom.